The average molecular weight is 296 g/mol. The lowest BCUT2D eigenvalue weighted by Crippen LogP contribution is -2.12. The molecule has 0 saturated carbocycles. The molecule has 0 spiro atoms. The second-order valence-corrected chi connectivity index (χ2v) is 4.80. The highest BCUT2D eigenvalue weighted by atomic mass is 32.1. The van der Waals surface area contributed by atoms with Crippen LogP contribution in [0.1, 0.15) is 26.7 Å². The maximum atomic E-state index is 12.6. The van der Waals surface area contributed by atoms with Crippen molar-refractivity contribution in [2.24, 2.45) is 0 Å². The van der Waals surface area contributed by atoms with E-state index in [1.807, 2.05) is 0 Å². The van der Waals surface area contributed by atoms with E-state index in [9.17, 15) is 18.0 Å². The number of rotatable bonds is 3. The van der Waals surface area contributed by atoms with Gasteiger partial charge in [-0.25, -0.2) is 0 Å². The molecule has 1 unspecified atom stereocenters. The molecule has 1 atom stereocenters. The van der Waals surface area contributed by atoms with Gasteiger partial charge in [0.15, 0.2) is 5.78 Å². The first kappa shape index (κ1) is 14.2. The predicted octanol–water partition coefficient (Wildman–Crippen LogP) is 3.65. The number of thiazole rings is 1. The highest BCUT2D eigenvalue weighted by Crippen LogP contribution is 2.32. The van der Waals surface area contributed by atoms with Crippen LogP contribution in [0.2, 0.25) is 0 Å². The second kappa shape index (κ2) is 5.43. The summed E-state index contributed by atoms with van der Waals surface area (Å²) in [6.45, 7) is 0. The SMILES string of the molecule is N#CC(C(=O)c1cncs1)c1cccc(C(F)(F)F)c1. The maximum Gasteiger partial charge on any atom is 0.416 e. The number of nitriles is 1. The number of carbonyl (C=O) groups excluding carboxylic acids is 1. The number of aromatic nitrogens is 1. The highest BCUT2D eigenvalue weighted by molar-refractivity contribution is 7.11. The molecule has 0 aliphatic carbocycles. The van der Waals surface area contributed by atoms with E-state index >= 15 is 0 Å². The van der Waals surface area contributed by atoms with Gasteiger partial charge in [-0.15, -0.1) is 11.3 Å². The summed E-state index contributed by atoms with van der Waals surface area (Å²) in [6, 6.07) is 5.99. The smallest absolute Gasteiger partial charge is 0.291 e. The van der Waals surface area contributed by atoms with Gasteiger partial charge in [-0.1, -0.05) is 18.2 Å². The molecule has 2 rings (SSSR count). The van der Waals surface area contributed by atoms with Gasteiger partial charge in [-0.3, -0.25) is 9.78 Å². The second-order valence-electron chi connectivity index (χ2n) is 3.92. The summed E-state index contributed by atoms with van der Waals surface area (Å²) in [5.41, 5.74) is 0.571. The van der Waals surface area contributed by atoms with Crippen molar-refractivity contribution in [3.05, 3.63) is 52.0 Å². The number of hydrogen-bond donors (Lipinski definition) is 0. The van der Waals surface area contributed by atoms with Gasteiger partial charge in [-0.2, -0.15) is 18.4 Å². The van der Waals surface area contributed by atoms with Gasteiger partial charge >= 0.3 is 6.18 Å². The standard InChI is InChI=1S/C13H7F3N2OS/c14-13(15,16)9-3-1-2-8(4-9)10(5-17)12(19)11-6-18-7-20-11/h1-4,6-7,10H. The summed E-state index contributed by atoms with van der Waals surface area (Å²) >= 11 is 1.05. The molecule has 0 fully saturated rings. The third-order valence-corrected chi connectivity index (χ3v) is 3.40. The van der Waals surface area contributed by atoms with Crippen LogP contribution in [-0.2, 0) is 6.18 Å². The summed E-state index contributed by atoms with van der Waals surface area (Å²) in [5.74, 6) is -1.81. The fraction of sp³-hybridized carbons (Fsp3) is 0.154. The number of halogens is 3. The van der Waals surface area contributed by atoms with Gasteiger partial charge in [-0.05, 0) is 11.6 Å². The van der Waals surface area contributed by atoms with Crippen molar-refractivity contribution < 1.29 is 18.0 Å². The third kappa shape index (κ3) is 2.86. The maximum absolute atomic E-state index is 12.6. The number of carbonyl (C=O) groups is 1. The average Bonchev–Trinajstić information content (AvgIpc) is 2.93. The molecule has 0 bridgehead atoms. The van der Waals surface area contributed by atoms with Crippen molar-refractivity contribution in [3.8, 4) is 6.07 Å². The summed E-state index contributed by atoms with van der Waals surface area (Å²) in [5, 5.41) is 9.07. The Kier molecular flexibility index (Phi) is 3.86. The highest BCUT2D eigenvalue weighted by Gasteiger charge is 2.32. The molecular weight excluding hydrogens is 289 g/mol. The van der Waals surface area contributed by atoms with E-state index in [4.69, 9.17) is 5.26 Å². The normalized spacial score (nSPS) is 12.7. The number of benzene rings is 1. The van der Waals surface area contributed by atoms with E-state index in [-0.39, 0.29) is 10.4 Å². The molecule has 102 valence electrons. The quantitative estimate of drug-likeness (QED) is 0.812. The molecule has 2 aromatic rings. The molecular formula is C13H7F3N2OS. The first-order valence-corrected chi connectivity index (χ1v) is 6.31. The van der Waals surface area contributed by atoms with Crippen molar-refractivity contribution in [1.82, 2.24) is 4.98 Å². The van der Waals surface area contributed by atoms with E-state index in [0.29, 0.717) is 0 Å². The molecule has 0 N–H and O–H groups in total. The van der Waals surface area contributed by atoms with Crippen LogP contribution in [0.5, 0.6) is 0 Å². The molecule has 0 amide bonds. The number of alkyl halides is 3. The number of hydrogen-bond acceptors (Lipinski definition) is 4. The van der Waals surface area contributed by atoms with E-state index in [1.165, 1.54) is 23.8 Å². The molecule has 20 heavy (non-hydrogen) atoms. The Bertz CT molecular complexity index is 659. The lowest BCUT2D eigenvalue weighted by atomic mass is 9.94. The molecule has 1 aromatic carbocycles. The lowest BCUT2D eigenvalue weighted by molar-refractivity contribution is -0.137. The molecule has 1 aromatic heterocycles. The van der Waals surface area contributed by atoms with E-state index in [2.05, 4.69) is 4.98 Å². The Hall–Kier alpha value is -2.20. The molecule has 0 saturated heterocycles. The molecule has 3 nitrogen and oxygen atoms in total. The van der Waals surface area contributed by atoms with Gasteiger partial charge < -0.3 is 0 Å². The number of ketones is 1. The summed E-state index contributed by atoms with van der Waals surface area (Å²) in [7, 11) is 0. The van der Waals surface area contributed by atoms with Crippen LogP contribution in [0.15, 0.2) is 36.0 Å². The fourth-order valence-corrected chi connectivity index (χ4v) is 2.25. The zero-order valence-electron chi connectivity index (χ0n) is 9.89. The van der Waals surface area contributed by atoms with Crippen LogP contribution in [-0.4, -0.2) is 10.8 Å². The van der Waals surface area contributed by atoms with Crippen LogP contribution in [0.4, 0.5) is 13.2 Å². The summed E-state index contributed by atoms with van der Waals surface area (Å²) < 4.78 is 37.9. The van der Waals surface area contributed by atoms with Crippen molar-refractivity contribution >= 4 is 17.1 Å². The monoisotopic (exact) mass is 296 g/mol. The molecule has 1 heterocycles. The third-order valence-electron chi connectivity index (χ3n) is 2.61. The zero-order chi connectivity index (χ0) is 14.8. The summed E-state index contributed by atoms with van der Waals surface area (Å²) in [4.78, 5) is 16.0. The van der Waals surface area contributed by atoms with E-state index in [1.54, 1.807) is 6.07 Å². The van der Waals surface area contributed by atoms with Crippen LogP contribution >= 0.6 is 11.3 Å². The first-order chi connectivity index (χ1) is 9.43. The predicted molar refractivity (Wildman–Crippen MR) is 66.2 cm³/mol. The lowest BCUT2D eigenvalue weighted by Gasteiger charge is -2.11. The van der Waals surface area contributed by atoms with Crippen molar-refractivity contribution in [3.63, 3.8) is 0 Å². The Labute approximate surface area is 116 Å². The van der Waals surface area contributed by atoms with Gasteiger partial charge in [0.05, 0.1) is 22.0 Å². The number of Topliss-reactive ketones (excluding diaryl/α,β-unsaturated/α-hetero) is 1. The van der Waals surface area contributed by atoms with Crippen molar-refractivity contribution in [1.29, 1.82) is 5.26 Å². The molecule has 0 aliphatic rings. The Morgan fingerprint density at radius 1 is 1.40 bits per heavy atom. The van der Waals surface area contributed by atoms with Gasteiger partial charge in [0, 0.05) is 6.20 Å². The van der Waals surface area contributed by atoms with Crippen LogP contribution in [0, 0.1) is 11.3 Å². The minimum absolute atomic E-state index is 0.0284. The van der Waals surface area contributed by atoms with Crippen LogP contribution in [0.25, 0.3) is 0 Å². The zero-order valence-corrected chi connectivity index (χ0v) is 10.7. The van der Waals surface area contributed by atoms with Crippen molar-refractivity contribution in [2.45, 2.75) is 12.1 Å². The van der Waals surface area contributed by atoms with Gasteiger partial charge in [0.25, 0.3) is 0 Å². The molecule has 0 radical (unpaired) electrons. The van der Waals surface area contributed by atoms with E-state index < -0.39 is 23.4 Å². The van der Waals surface area contributed by atoms with Gasteiger partial charge in [0.2, 0.25) is 0 Å². The minimum atomic E-state index is -4.51. The van der Waals surface area contributed by atoms with E-state index in [0.717, 1.165) is 23.5 Å². The Balaban J connectivity index is 2.39. The Morgan fingerprint density at radius 3 is 2.70 bits per heavy atom. The first-order valence-electron chi connectivity index (χ1n) is 5.43. The molecule has 7 heteroatoms. The summed E-state index contributed by atoms with van der Waals surface area (Å²) in [6.07, 6.45) is -3.21. The molecule has 0 aliphatic heterocycles. The van der Waals surface area contributed by atoms with Gasteiger partial charge in [0.1, 0.15) is 5.92 Å². The Morgan fingerprint density at radius 2 is 2.15 bits per heavy atom. The van der Waals surface area contributed by atoms with Crippen LogP contribution < -0.4 is 0 Å². The largest absolute Gasteiger partial charge is 0.416 e. The topological polar surface area (TPSA) is 53.8 Å². The number of nitrogens with zero attached hydrogens (tertiary/aromatic N) is 2. The van der Waals surface area contributed by atoms with Crippen LogP contribution in [0.3, 0.4) is 0 Å². The minimum Gasteiger partial charge on any atom is -0.291 e. The fourth-order valence-electron chi connectivity index (χ4n) is 1.66. The van der Waals surface area contributed by atoms with Crippen molar-refractivity contribution in [2.75, 3.05) is 0 Å².